The van der Waals surface area contributed by atoms with Gasteiger partial charge in [-0.05, 0) is 49.6 Å². The van der Waals surface area contributed by atoms with Gasteiger partial charge in [-0.2, -0.15) is 0 Å². The van der Waals surface area contributed by atoms with Crippen LogP contribution in [-0.4, -0.2) is 47.3 Å². The molecule has 4 rings (SSSR count). The van der Waals surface area contributed by atoms with Crippen molar-refractivity contribution in [2.24, 2.45) is 0 Å². The van der Waals surface area contributed by atoms with Crippen molar-refractivity contribution in [3.63, 3.8) is 0 Å². The molecule has 0 aliphatic carbocycles. The van der Waals surface area contributed by atoms with Crippen LogP contribution in [0.5, 0.6) is 5.75 Å². The van der Waals surface area contributed by atoms with Gasteiger partial charge >= 0.3 is 0 Å². The lowest BCUT2D eigenvalue weighted by molar-refractivity contribution is -0.132. The number of methoxy groups -OCH3 is 1. The molecule has 0 saturated carbocycles. The number of nitrogens with zero attached hydrogens (tertiary/aromatic N) is 2. The molecule has 1 aliphatic heterocycles. The van der Waals surface area contributed by atoms with Gasteiger partial charge in [-0.1, -0.05) is 18.2 Å². The van der Waals surface area contributed by atoms with E-state index in [0.29, 0.717) is 16.8 Å². The predicted molar refractivity (Wildman–Crippen MR) is 118 cm³/mol. The topological polar surface area (TPSA) is 80.6 Å². The molecule has 2 aromatic carbocycles. The molecular formula is C24H25N3O4. The first kappa shape index (κ1) is 20.7. The molecular weight excluding hydrogens is 394 g/mol. The Morgan fingerprint density at radius 2 is 1.68 bits per heavy atom. The number of ether oxygens (including phenoxy) is 1. The Bertz CT molecular complexity index is 1110. The highest BCUT2D eigenvalue weighted by atomic mass is 16.5. The largest absolute Gasteiger partial charge is 0.497 e. The number of likely N-dealkylation sites (tertiary alicyclic amines) is 1. The fourth-order valence-electron chi connectivity index (χ4n) is 3.93. The molecule has 1 fully saturated rings. The monoisotopic (exact) mass is 419 g/mol. The summed E-state index contributed by atoms with van der Waals surface area (Å²) in [5.41, 5.74) is 1.55. The fourth-order valence-corrected chi connectivity index (χ4v) is 3.93. The molecule has 1 N–H and O–H groups in total. The van der Waals surface area contributed by atoms with E-state index >= 15 is 0 Å². The lowest BCUT2D eigenvalue weighted by Gasteiger charge is -2.27. The molecule has 3 aromatic rings. The van der Waals surface area contributed by atoms with Crippen molar-refractivity contribution in [2.75, 3.05) is 25.5 Å². The molecule has 0 bridgehead atoms. The number of carbonyl (C=O) groups excluding carboxylic acids is 3. The Kier molecular flexibility index (Phi) is 6.02. The fraction of sp³-hybridized carbons (Fsp3) is 0.292. The maximum atomic E-state index is 12.9. The van der Waals surface area contributed by atoms with E-state index in [0.717, 1.165) is 37.9 Å². The minimum Gasteiger partial charge on any atom is -0.497 e. The van der Waals surface area contributed by atoms with E-state index in [1.165, 1.54) is 0 Å². The second-order valence-corrected chi connectivity index (χ2v) is 7.64. The number of piperidine rings is 1. The number of para-hydroxylation sites is 1. The molecule has 7 nitrogen and oxygen atoms in total. The average molecular weight is 419 g/mol. The summed E-state index contributed by atoms with van der Waals surface area (Å²) in [7, 11) is 1.56. The number of nitrogens with one attached hydrogen (secondary N) is 1. The number of rotatable bonds is 6. The summed E-state index contributed by atoms with van der Waals surface area (Å²) in [6.07, 6.45) is 4.81. The van der Waals surface area contributed by atoms with E-state index in [-0.39, 0.29) is 18.0 Å². The predicted octanol–water partition coefficient (Wildman–Crippen LogP) is 3.48. The normalized spacial score (nSPS) is 13.8. The molecule has 160 valence electrons. The van der Waals surface area contributed by atoms with Crippen molar-refractivity contribution < 1.29 is 19.1 Å². The quantitative estimate of drug-likeness (QED) is 0.490. The zero-order chi connectivity index (χ0) is 21.8. The van der Waals surface area contributed by atoms with Crippen LogP contribution >= 0.6 is 0 Å². The maximum Gasteiger partial charge on any atom is 0.296 e. The average Bonchev–Trinajstić information content (AvgIpc) is 3.18. The first-order valence-electron chi connectivity index (χ1n) is 10.4. The van der Waals surface area contributed by atoms with Crippen LogP contribution in [0.25, 0.3) is 10.9 Å². The summed E-state index contributed by atoms with van der Waals surface area (Å²) in [5.74, 6) is -0.681. The summed E-state index contributed by atoms with van der Waals surface area (Å²) in [6.45, 7) is 1.69. The summed E-state index contributed by atoms with van der Waals surface area (Å²) < 4.78 is 6.87. The zero-order valence-corrected chi connectivity index (χ0v) is 17.5. The third kappa shape index (κ3) is 4.45. The standard InChI is InChI=1S/C24H25N3O4/c1-31-18-11-9-17(10-12-18)25-24(30)23(29)20-15-27(21-8-4-3-7-19(20)21)16-22(28)26-13-5-2-6-14-26/h3-4,7-12,15H,2,5-6,13-14,16H2,1H3,(H,25,30). The third-order valence-corrected chi connectivity index (χ3v) is 5.60. The van der Waals surface area contributed by atoms with Gasteiger partial charge in [0.2, 0.25) is 5.91 Å². The van der Waals surface area contributed by atoms with Crippen molar-refractivity contribution in [1.82, 2.24) is 9.47 Å². The van der Waals surface area contributed by atoms with Gasteiger partial charge in [-0.3, -0.25) is 14.4 Å². The van der Waals surface area contributed by atoms with Gasteiger partial charge in [0.1, 0.15) is 12.3 Å². The molecule has 0 radical (unpaired) electrons. The van der Waals surface area contributed by atoms with Crippen LogP contribution in [-0.2, 0) is 16.1 Å². The Morgan fingerprint density at radius 3 is 2.39 bits per heavy atom. The van der Waals surface area contributed by atoms with Crippen LogP contribution in [0.1, 0.15) is 29.6 Å². The third-order valence-electron chi connectivity index (χ3n) is 5.60. The van der Waals surface area contributed by atoms with Gasteiger partial charge in [0.25, 0.3) is 11.7 Å². The minimum absolute atomic E-state index is 0.0298. The molecule has 0 atom stereocenters. The molecule has 0 spiro atoms. The summed E-state index contributed by atoms with van der Waals surface area (Å²) >= 11 is 0. The zero-order valence-electron chi connectivity index (χ0n) is 17.5. The smallest absolute Gasteiger partial charge is 0.296 e. The van der Waals surface area contributed by atoms with Gasteiger partial charge in [-0.25, -0.2) is 0 Å². The van der Waals surface area contributed by atoms with E-state index in [1.807, 2.05) is 23.1 Å². The van der Waals surface area contributed by atoms with Gasteiger partial charge in [0, 0.05) is 35.9 Å². The molecule has 7 heteroatoms. The number of aromatic nitrogens is 1. The molecule has 2 heterocycles. The Balaban J connectivity index is 1.55. The summed E-state index contributed by atoms with van der Waals surface area (Å²) in [6, 6.07) is 14.1. The lowest BCUT2D eigenvalue weighted by atomic mass is 10.1. The van der Waals surface area contributed by atoms with Gasteiger partial charge in [0.05, 0.1) is 12.7 Å². The molecule has 31 heavy (non-hydrogen) atoms. The number of ketones is 1. The summed E-state index contributed by atoms with van der Waals surface area (Å²) in [5, 5.41) is 3.29. The molecule has 0 unspecified atom stereocenters. The first-order chi connectivity index (χ1) is 15.1. The number of fused-ring (bicyclic) bond motifs is 1. The van der Waals surface area contributed by atoms with Crippen molar-refractivity contribution in [1.29, 1.82) is 0 Å². The number of hydrogen-bond acceptors (Lipinski definition) is 4. The van der Waals surface area contributed by atoms with Crippen LogP contribution in [0.15, 0.2) is 54.7 Å². The maximum absolute atomic E-state index is 12.9. The van der Waals surface area contributed by atoms with Crippen molar-refractivity contribution in [3.8, 4) is 5.75 Å². The second-order valence-electron chi connectivity index (χ2n) is 7.64. The van der Waals surface area contributed by atoms with Crippen LogP contribution in [0.4, 0.5) is 5.69 Å². The number of benzene rings is 2. The van der Waals surface area contributed by atoms with Gasteiger partial charge < -0.3 is 19.5 Å². The minimum atomic E-state index is -0.726. The second kappa shape index (κ2) is 9.04. The van der Waals surface area contributed by atoms with Crippen LogP contribution in [0.2, 0.25) is 0 Å². The van der Waals surface area contributed by atoms with Gasteiger partial charge in [-0.15, -0.1) is 0 Å². The number of Topliss-reactive ketones (excluding diaryl/α,β-unsaturated/α-hetero) is 1. The van der Waals surface area contributed by atoms with Crippen molar-refractivity contribution >= 4 is 34.2 Å². The highest BCUT2D eigenvalue weighted by Gasteiger charge is 2.23. The van der Waals surface area contributed by atoms with E-state index in [1.54, 1.807) is 48.2 Å². The number of carbonyl (C=O) groups is 3. The Morgan fingerprint density at radius 1 is 0.968 bits per heavy atom. The molecule has 2 amide bonds. The SMILES string of the molecule is COc1ccc(NC(=O)C(=O)c2cn(CC(=O)N3CCCCC3)c3ccccc23)cc1. The highest BCUT2D eigenvalue weighted by Crippen LogP contribution is 2.23. The van der Waals surface area contributed by atoms with E-state index < -0.39 is 11.7 Å². The van der Waals surface area contributed by atoms with E-state index in [9.17, 15) is 14.4 Å². The van der Waals surface area contributed by atoms with Gasteiger partial charge in [0.15, 0.2) is 0 Å². The van der Waals surface area contributed by atoms with Crippen LogP contribution in [0.3, 0.4) is 0 Å². The molecule has 1 saturated heterocycles. The highest BCUT2D eigenvalue weighted by molar-refractivity contribution is 6.48. The van der Waals surface area contributed by atoms with Crippen LogP contribution in [0, 0.1) is 0 Å². The summed E-state index contributed by atoms with van der Waals surface area (Å²) in [4.78, 5) is 40.2. The van der Waals surface area contributed by atoms with Crippen molar-refractivity contribution in [2.45, 2.75) is 25.8 Å². The number of anilines is 1. The first-order valence-corrected chi connectivity index (χ1v) is 10.4. The molecule has 1 aliphatic rings. The number of hydrogen-bond donors (Lipinski definition) is 1. The Labute approximate surface area is 180 Å². The van der Waals surface area contributed by atoms with E-state index in [2.05, 4.69) is 5.32 Å². The van der Waals surface area contributed by atoms with Crippen molar-refractivity contribution in [3.05, 3.63) is 60.3 Å². The lowest BCUT2D eigenvalue weighted by Crippen LogP contribution is -2.37. The molecule has 1 aromatic heterocycles. The van der Waals surface area contributed by atoms with Crippen LogP contribution < -0.4 is 10.1 Å². The van der Waals surface area contributed by atoms with E-state index in [4.69, 9.17) is 4.74 Å². The number of amides is 2. The Hall–Kier alpha value is -3.61.